The minimum absolute atomic E-state index is 0.0118. The molecule has 2 atom stereocenters. The van der Waals surface area contributed by atoms with Crippen molar-refractivity contribution >= 4 is 26.0 Å². The lowest BCUT2D eigenvalue weighted by atomic mass is 10.1. The molecule has 9 heteroatoms. The lowest BCUT2D eigenvalue weighted by molar-refractivity contribution is -0.00321. The molecule has 0 aliphatic carbocycles. The SMILES string of the molecule is CCCCCC(C(=[N+]=[N-])S(=O)(=O)c1cccc(F)c1)S(=O)[O-]. The van der Waals surface area contributed by atoms with Crippen molar-refractivity contribution in [3.05, 3.63) is 35.6 Å². The van der Waals surface area contributed by atoms with E-state index in [9.17, 15) is 21.6 Å². The fraction of sp³-hybridized carbons (Fsp3) is 0.462. The third-order valence-electron chi connectivity index (χ3n) is 3.06. The third-order valence-corrected chi connectivity index (χ3v) is 5.92. The molecule has 0 aromatic heterocycles. The molecule has 0 amide bonds. The molecule has 22 heavy (non-hydrogen) atoms. The highest BCUT2D eigenvalue weighted by atomic mass is 32.2. The molecule has 1 aromatic rings. The van der Waals surface area contributed by atoms with Gasteiger partial charge in [-0.2, -0.15) is 4.79 Å². The van der Waals surface area contributed by atoms with Crippen LogP contribution in [-0.2, 0) is 20.9 Å². The first-order chi connectivity index (χ1) is 10.3. The van der Waals surface area contributed by atoms with Crippen LogP contribution in [0.4, 0.5) is 4.39 Å². The lowest BCUT2D eigenvalue weighted by Gasteiger charge is -2.15. The Balaban J connectivity index is 3.22. The Bertz CT molecular complexity index is 700. The van der Waals surface area contributed by atoms with Gasteiger partial charge >= 0.3 is 5.04 Å². The molecular formula is C13H16FN2O4S2-. The Morgan fingerprint density at radius 2 is 2.14 bits per heavy atom. The Kier molecular flexibility index (Phi) is 7.02. The van der Waals surface area contributed by atoms with Crippen molar-refractivity contribution in [2.75, 3.05) is 0 Å². The van der Waals surface area contributed by atoms with Crippen molar-refractivity contribution in [2.45, 2.75) is 42.8 Å². The summed E-state index contributed by atoms with van der Waals surface area (Å²) in [6.07, 6.45) is 2.01. The van der Waals surface area contributed by atoms with Gasteiger partial charge in [0.25, 0.3) is 9.84 Å². The Morgan fingerprint density at radius 3 is 2.64 bits per heavy atom. The predicted octanol–water partition coefficient (Wildman–Crippen LogP) is 2.06. The van der Waals surface area contributed by atoms with Gasteiger partial charge in [-0.25, -0.2) is 12.8 Å². The fourth-order valence-corrected chi connectivity index (χ4v) is 4.45. The van der Waals surface area contributed by atoms with Gasteiger partial charge in [-0.3, -0.25) is 4.21 Å². The van der Waals surface area contributed by atoms with E-state index in [1.54, 1.807) is 0 Å². The number of benzene rings is 1. The zero-order valence-corrected chi connectivity index (χ0v) is 13.6. The molecule has 2 unspecified atom stereocenters. The van der Waals surface area contributed by atoms with Crippen LogP contribution in [0.1, 0.15) is 32.6 Å². The summed E-state index contributed by atoms with van der Waals surface area (Å²) in [6, 6.07) is 4.09. The van der Waals surface area contributed by atoms with Crippen molar-refractivity contribution < 1.29 is 26.4 Å². The van der Waals surface area contributed by atoms with E-state index in [2.05, 4.69) is 4.79 Å². The van der Waals surface area contributed by atoms with Crippen LogP contribution in [0, 0.1) is 5.82 Å². The number of nitrogens with zero attached hydrogens (tertiary/aromatic N) is 2. The minimum atomic E-state index is -4.39. The lowest BCUT2D eigenvalue weighted by Crippen LogP contribution is -2.33. The molecule has 1 aromatic carbocycles. The number of rotatable bonds is 7. The van der Waals surface area contributed by atoms with Crippen molar-refractivity contribution in [1.29, 1.82) is 0 Å². The van der Waals surface area contributed by atoms with E-state index < -0.39 is 41.9 Å². The smallest absolute Gasteiger partial charge is 0.400 e. The second-order valence-electron chi connectivity index (χ2n) is 4.64. The first-order valence-corrected chi connectivity index (χ1v) is 9.27. The van der Waals surface area contributed by atoms with Gasteiger partial charge in [-0.05, 0) is 35.7 Å². The number of hydrogen-bond donors (Lipinski definition) is 0. The molecule has 0 N–H and O–H groups in total. The quantitative estimate of drug-likeness (QED) is 0.188. The van der Waals surface area contributed by atoms with Crippen LogP contribution >= 0.6 is 0 Å². The second kappa shape index (κ2) is 8.28. The molecule has 0 radical (unpaired) electrons. The average Bonchev–Trinajstić information content (AvgIpc) is 2.46. The van der Waals surface area contributed by atoms with E-state index in [-0.39, 0.29) is 6.42 Å². The summed E-state index contributed by atoms with van der Waals surface area (Å²) in [5.74, 6) is -0.788. The summed E-state index contributed by atoms with van der Waals surface area (Å²) in [5.41, 5.74) is 9.01. The van der Waals surface area contributed by atoms with E-state index in [1.165, 1.54) is 6.07 Å². The predicted molar refractivity (Wildman–Crippen MR) is 79.1 cm³/mol. The average molecular weight is 347 g/mol. The molecule has 0 saturated carbocycles. The van der Waals surface area contributed by atoms with E-state index in [4.69, 9.17) is 5.53 Å². The Labute approximate surface area is 131 Å². The van der Waals surface area contributed by atoms with E-state index in [0.29, 0.717) is 12.8 Å². The summed E-state index contributed by atoms with van der Waals surface area (Å²) in [7, 11) is -4.39. The summed E-state index contributed by atoms with van der Waals surface area (Å²) in [4.78, 5) is 2.23. The first-order valence-electron chi connectivity index (χ1n) is 6.65. The van der Waals surface area contributed by atoms with E-state index >= 15 is 0 Å². The van der Waals surface area contributed by atoms with Crippen molar-refractivity contribution in [3.63, 3.8) is 0 Å². The molecule has 0 fully saturated rings. The van der Waals surface area contributed by atoms with Gasteiger partial charge in [0.2, 0.25) is 0 Å². The van der Waals surface area contributed by atoms with Gasteiger partial charge in [0.15, 0.2) is 0 Å². The summed E-state index contributed by atoms with van der Waals surface area (Å²) in [6.45, 7) is 1.91. The topological polar surface area (TPSA) is 111 Å². The van der Waals surface area contributed by atoms with Gasteiger partial charge in [0, 0.05) is 0 Å². The van der Waals surface area contributed by atoms with Crippen LogP contribution in [0.25, 0.3) is 5.53 Å². The Hall–Kier alpha value is -1.41. The largest absolute Gasteiger partial charge is 0.772 e. The third kappa shape index (κ3) is 4.54. The molecule has 0 saturated heterocycles. The van der Waals surface area contributed by atoms with Gasteiger partial charge in [0.05, 0.1) is 4.90 Å². The maximum Gasteiger partial charge on any atom is 0.400 e. The van der Waals surface area contributed by atoms with Crippen LogP contribution in [0.5, 0.6) is 0 Å². The molecule has 0 heterocycles. The summed E-state index contributed by atoms with van der Waals surface area (Å²) < 4.78 is 60.5. The molecule has 122 valence electrons. The second-order valence-corrected chi connectivity index (χ2v) is 7.63. The van der Waals surface area contributed by atoms with Crippen molar-refractivity contribution in [3.8, 4) is 0 Å². The van der Waals surface area contributed by atoms with Crippen molar-refractivity contribution in [2.24, 2.45) is 0 Å². The molecule has 0 spiro atoms. The van der Waals surface area contributed by atoms with E-state index in [0.717, 1.165) is 24.6 Å². The highest BCUT2D eigenvalue weighted by Gasteiger charge is 2.38. The fourth-order valence-electron chi connectivity index (χ4n) is 1.93. The number of halogens is 1. The Morgan fingerprint density at radius 1 is 1.45 bits per heavy atom. The highest BCUT2D eigenvalue weighted by molar-refractivity contribution is 8.07. The molecule has 1 rings (SSSR count). The molecule has 0 bridgehead atoms. The zero-order chi connectivity index (χ0) is 16.8. The van der Waals surface area contributed by atoms with Crippen LogP contribution < -0.4 is 0 Å². The standard InChI is InChI=1S/C13H17FN2O4S2/c1-2-3-4-8-12(21(17)18)13(16-15)22(19,20)11-7-5-6-10(14)9-11/h5-7,9,12H,2-4,8H2,1H3,(H,17,18)/p-1. The number of hydrogen-bond acceptors (Lipinski definition) is 4. The van der Waals surface area contributed by atoms with Gasteiger partial charge in [0.1, 0.15) is 11.1 Å². The van der Waals surface area contributed by atoms with Crippen LogP contribution in [0.3, 0.4) is 0 Å². The molecule has 0 aliphatic rings. The minimum Gasteiger partial charge on any atom is -0.772 e. The highest BCUT2D eigenvalue weighted by Crippen LogP contribution is 2.19. The number of unbranched alkanes of at least 4 members (excludes halogenated alkanes) is 2. The summed E-state index contributed by atoms with van der Waals surface area (Å²) >= 11 is -2.78. The molecular weight excluding hydrogens is 331 g/mol. The van der Waals surface area contributed by atoms with Crippen molar-refractivity contribution in [1.82, 2.24) is 0 Å². The molecule has 0 aliphatic heterocycles. The van der Waals surface area contributed by atoms with E-state index in [1.807, 2.05) is 6.92 Å². The normalized spacial score (nSPS) is 14.1. The maximum absolute atomic E-state index is 13.2. The van der Waals surface area contributed by atoms with Crippen LogP contribution in [0.2, 0.25) is 0 Å². The van der Waals surface area contributed by atoms with Gasteiger partial charge in [-0.1, -0.05) is 32.3 Å². The summed E-state index contributed by atoms with van der Waals surface area (Å²) in [5, 5.41) is -2.35. The van der Waals surface area contributed by atoms with Crippen LogP contribution in [-0.4, -0.2) is 32.3 Å². The monoisotopic (exact) mass is 347 g/mol. The van der Waals surface area contributed by atoms with Gasteiger partial charge < -0.3 is 10.1 Å². The zero-order valence-electron chi connectivity index (χ0n) is 11.9. The maximum atomic E-state index is 13.2. The van der Waals surface area contributed by atoms with Gasteiger partial charge in [-0.15, -0.1) is 0 Å². The first kappa shape index (κ1) is 18.6. The van der Waals surface area contributed by atoms with Crippen LogP contribution in [0.15, 0.2) is 29.2 Å². The number of sulfone groups is 1. The molecule has 6 nitrogen and oxygen atoms in total.